The molecule has 1 aromatic carbocycles. The minimum atomic E-state index is 0.520. The van der Waals surface area contributed by atoms with Crippen LogP contribution in [0.15, 0.2) is 47.6 Å². The summed E-state index contributed by atoms with van der Waals surface area (Å²) in [5.74, 6) is 3.11. The summed E-state index contributed by atoms with van der Waals surface area (Å²) in [5.41, 5.74) is 1.92. The van der Waals surface area contributed by atoms with Crippen LogP contribution in [0.25, 0.3) is 5.65 Å². The summed E-state index contributed by atoms with van der Waals surface area (Å²) in [6.45, 7) is 2.51. The first kappa shape index (κ1) is 17.1. The fraction of sp³-hybridized carbons (Fsp3) is 0.316. The monoisotopic (exact) mass is 366 g/mol. The first-order valence-corrected chi connectivity index (χ1v) is 8.95. The molecule has 4 rings (SSSR count). The Kier molecular flexibility index (Phi) is 5.04. The minimum absolute atomic E-state index is 0.520. The van der Waals surface area contributed by atoms with E-state index in [1.807, 2.05) is 47.0 Å². The van der Waals surface area contributed by atoms with E-state index >= 15 is 0 Å². The second kappa shape index (κ2) is 7.94. The molecule has 27 heavy (non-hydrogen) atoms. The number of ether oxygens (including phenoxy) is 2. The largest absolute Gasteiger partial charge is 0.490 e. The first-order chi connectivity index (χ1) is 13.3. The van der Waals surface area contributed by atoms with Crippen LogP contribution in [-0.2, 0) is 13.1 Å². The van der Waals surface area contributed by atoms with Crippen LogP contribution >= 0.6 is 0 Å². The van der Waals surface area contributed by atoms with Gasteiger partial charge in [0.1, 0.15) is 0 Å². The van der Waals surface area contributed by atoms with Crippen LogP contribution < -0.4 is 20.1 Å². The smallest absolute Gasteiger partial charge is 0.191 e. The van der Waals surface area contributed by atoms with Crippen molar-refractivity contribution in [2.45, 2.75) is 19.5 Å². The summed E-state index contributed by atoms with van der Waals surface area (Å²) in [6.07, 6.45) is 2.84. The van der Waals surface area contributed by atoms with Gasteiger partial charge in [-0.3, -0.25) is 9.39 Å². The summed E-state index contributed by atoms with van der Waals surface area (Å²) < 4.78 is 13.4. The Hall–Kier alpha value is -3.29. The Balaban J connectivity index is 1.36. The molecular formula is C19H22N6O2. The van der Waals surface area contributed by atoms with Gasteiger partial charge in [0.2, 0.25) is 0 Å². The van der Waals surface area contributed by atoms with Crippen molar-refractivity contribution in [1.82, 2.24) is 25.2 Å². The van der Waals surface area contributed by atoms with Gasteiger partial charge in [-0.15, -0.1) is 10.2 Å². The van der Waals surface area contributed by atoms with Crippen molar-refractivity contribution in [2.24, 2.45) is 4.99 Å². The summed E-state index contributed by atoms with van der Waals surface area (Å²) in [7, 11) is 1.74. The third kappa shape index (κ3) is 3.94. The van der Waals surface area contributed by atoms with Crippen molar-refractivity contribution in [1.29, 1.82) is 0 Å². The zero-order valence-corrected chi connectivity index (χ0v) is 15.2. The minimum Gasteiger partial charge on any atom is -0.490 e. The van der Waals surface area contributed by atoms with Gasteiger partial charge < -0.3 is 20.1 Å². The number of benzene rings is 1. The van der Waals surface area contributed by atoms with Gasteiger partial charge in [0.25, 0.3) is 0 Å². The van der Waals surface area contributed by atoms with Gasteiger partial charge in [-0.05, 0) is 29.8 Å². The van der Waals surface area contributed by atoms with Gasteiger partial charge in [-0.1, -0.05) is 12.1 Å². The molecular weight excluding hydrogens is 344 g/mol. The molecule has 8 nitrogen and oxygen atoms in total. The van der Waals surface area contributed by atoms with E-state index < -0.39 is 0 Å². The zero-order chi connectivity index (χ0) is 18.5. The first-order valence-electron chi connectivity index (χ1n) is 8.95. The molecule has 0 bridgehead atoms. The highest BCUT2D eigenvalue weighted by molar-refractivity contribution is 5.79. The van der Waals surface area contributed by atoms with Crippen LogP contribution in [0.5, 0.6) is 11.5 Å². The second-order valence-corrected chi connectivity index (χ2v) is 6.16. The number of pyridine rings is 1. The molecule has 0 unspecified atom stereocenters. The van der Waals surface area contributed by atoms with Crippen molar-refractivity contribution in [3.05, 3.63) is 54.0 Å². The van der Waals surface area contributed by atoms with Gasteiger partial charge in [-0.2, -0.15) is 0 Å². The van der Waals surface area contributed by atoms with Crippen molar-refractivity contribution >= 4 is 11.6 Å². The number of hydrogen-bond acceptors (Lipinski definition) is 5. The molecule has 2 N–H and O–H groups in total. The molecule has 0 atom stereocenters. The van der Waals surface area contributed by atoms with E-state index in [0.29, 0.717) is 32.3 Å². The fourth-order valence-electron chi connectivity index (χ4n) is 2.90. The lowest BCUT2D eigenvalue weighted by atomic mass is 10.2. The Morgan fingerprint density at radius 3 is 2.81 bits per heavy atom. The van der Waals surface area contributed by atoms with Crippen LogP contribution in [0, 0.1) is 0 Å². The molecule has 0 amide bonds. The normalized spacial score (nSPS) is 14.0. The van der Waals surface area contributed by atoms with Crippen molar-refractivity contribution in [3.8, 4) is 11.5 Å². The zero-order valence-electron chi connectivity index (χ0n) is 15.2. The maximum absolute atomic E-state index is 5.74. The molecule has 2 aromatic heterocycles. The topological polar surface area (TPSA) is 85.1 Å². The molecule has 0 radical (unpaired) electrons. The average Bonchev–Trinajstić information content (AvgIpc) is 2.97. The molecule has 0 saturated carbocycles. The summed E-state index contributed by atoms with van der Waals surface area (Å²) in [4.78, 5) is 4.27. The van der Waals surface area contributed by atoms with Crippen LogP contribution in [0.2, 0.25) is 0 Å². The third-order valence-electron chi connectivity index (χ3n) is 4.29. The Morgan fingerprint density at radius 2 is 1.93 bits per heavy atom. The predicted octanol–water partition coefficient (Wildman–Crippen LogP) is 1.76. The molecule has 8 heteroatoms. The highest BCUT2D eigenvalue weighted by Gasteiger charge is 2.11. The second-order valence-electron chi connectivity index (χ2n) is 6.16. The van der Waals surface area contributed by atoms with Crippen LogP contribution in [-0.4, -0.2) is 40.8 Å². The lowest BCUT2D eigenvalue weighted by molar-refractivity contribution is 0.297. The molecule has 0 fully saturated rings. The van der Waals surface area contributed by atoms with Crippen LogP contribution in [0.4, 0.5) is 0 Å². The van der Waals surface area contributed by atoms with Gasteiger partial charge in [0.15, 0.2) is 28.9 Å². The molecule has 0 spiro atoms. The van der Waals surface area contributed by atoms with E-state index in [2.05, 4.69) is 25.8 Å². The lowest BCUT2D eigenvalue weighted by Gasteiger charge is -2.13. The number of rotatable bonds is 4. The van der Waals surface area contributed by atoms with Crippen molar-refractivity contribution < 1.29 is 9.47 Å². The summed E-state index contributed by atoms with van der Waals surface area (Å²) >= 11 is 0. The van der Waals surface area contributed by atoms with E-state index in [4.69, 9.17) is 9.47 Å². The predicted molar refractivity (Wildman–Crippen MR) is 102 cm³/mol. The lowest BCUT2D eigenvalue weighted by Crippen LogP contribution is -2.36. The van der Waals surface area contributed by atoms with E-state index in [0.717, 1.165) is 35.0 Å². The fourth-order valence-corrected chi connectivity index (χ4v) is 2.90. The number of nitrogens with one attached hydrogen (secondary N) is 2. The number of nitrogens with zero attached hydrogens (tertiary/aromatic N) is 4. The summed E-state index contributed by atoms with van der Waals surface area (Å²) in [6, 6.07) is 11.8. The highest BCUT2D eigenvalue weighted by Crippen LogP contribution is 2.30. The quantitative estimate of drug-likeness (QED) is 0.541. The Labute approximate surface area is 157 Å². The molecule has 140 valence electrons. The number of aromatic nitrogens is 3. The number of guanidine groups is 1. The van der Waals surface area contributed by atoms with Gasteiger partial charge >= 0.3 is 0 Å². The van der Waals surface area contributed by atoms with E-state index in [1.54, 1.807) is 7.05 Å². The Morgan fingerprint density at radius 1 is 1.07 bits per heavy atom. The Bertz CT molecular complexity index is 952. The molecule has 3 aromatic rings. The van der Waals surface area contributed by atoms with Crippen LogP contribution in [0.1, 0.15) is 17.8 Å². The maximum Gasteiger partial charge on any atom is 0.191 e. The van der Waals surface area contributed by atoms with E-state index in [-0.39, 0.29) is 0 Å². The SMILES string of the molecule is CN=C(NCc1ccc2c(c1)OCCCO2)NCc1nnc2ccccn12. The standard InChI is InChI=1S/C19H22N6O2/c1-20-19(22-13-18-24-23-17-5-2-3-8-25(17)18)21-12-14-6-7-15-16(11-14)27-10-4-9-26-15/h2-3,5-8,11H,4,9-10,12-13H2,1H3,(H2,20,21,22). The number of fused-ring (bicyclic) bond motifs is 2. The van der Waals surface area contributed by atoms with Gasteiger partial charge in [-0.25, -0.2) is 0 Å². The molecule has 3 heterocycles. The molecule has 1 aliphatic heterocycles. The van der Waals surface area contributed by atoms with E-state index in [1.165, 1.54) is 0 Å². The third-order valence-corrected chi connectivity index (χ3v) is 4.29. The average molecular weight is 366 g/mol. The summed E-state index contributed by atoms with van der Waals surface area (Å²) in [5, 5.41) is 14.9. The maximum atomic E-state index is 5.74. The highest BCUT2D eigenvalue weighted by atomic mass is 16.5. The number of aliphatic imine (C=N–C) groups is 1. The van der Waals surface area contributed by atoms with Crippen molar-refractivity contribution in [3.63, 3.8) is 0 Å². The van der Waals surface area contributed by atoms with Gasteiger partial charge in [0.05, 0.1) is 19.8 Å². The number of hydrogen-bond donors (Lipinski definition) is 2. The van der Waals surface area contributed by atoms with Crippen LogP contribution in [0.3, 0.4) is 0 Å². The van der Waals surface area contributed by atoms with E-state index in [9.17, 15) is 0 Å². The molecule has 1 aliphatic rings. The molecule has 0 aliphatic carbocycles. The van der Waals surface area contributed by atoms with Gasteiger partial charge in [0, 0.05) is 26.2 Å². The molecule has 0 saturated heterocycles. The van der Waals surface area contributed by atoms with Crippen molar-refractivity contribution in [2.75, 3.05) is 20.3 Å².